The number of nitrogens with zero attached hydrogens (tertiary/aromatic N) is 2. The third kappa shape index (κ3) is 5.40. The molecule has 38 heavy (non-hydrogen) atoms. The van der Waals surface area contributed by atoms with Crippen LogP contribution in [0.5, 0.6) is 5.75 Å². The first kappa shape index (κ1) is 28.0. The van der Waals surface area contributed by atoms with Crippen molar-refractivity contribution >= 4 is 11.3 Å². The molecule has 10 heteroatoms. The Bertz CT molecular complexity index is 1300. The number of benzene rings is 1. The van der Waals surface area contributed by atoms with Gasteiger partial charge in [-0.1, -0.05) is 25.1 Å². The van der Waals surface area contributed by atoms with Gasteiger partial charge in [0.05, 0.1) is 32.1 Å². The lowest BCUT2D eigenvalue weighted by molar-refractivity contribution is -0.0410. The molecule has 0 amide bonds. The van der Waals surface area contributed by atoms with Crippen LogP contribution in [0.1, 0.15) is 36.6 Å². The van der Waals surface area contributed by atoms with Gasteiger partial charge in [-0.25, -0.2) is 14.3 Å². The van der Waals surface area contributed by atoms with Crippen LogP contribution in [-0.4, -0.2) is 56.9 Å². The molecule has 0 radical (unpaired) electrons. The Morgan fingerprint density at radius 1 is 1.29 bits per heavy atom. The summed E-state index contributed by atoms with van der Waals surface area (Å²) in [6.45, 7) is 8.09. The molecule has 2 atom stereocenters. The third-order valence-corrected chi connectivity index (χ3v) is 7.30. The van der Waals surface area contributed by atoms with Gasteiger partial charge < -0.3 is 29.3 Å². The number of hydroxylamine groups is 1. The van der Waals surface area contributed by atoms with Crippen LogP contribution < -0.4 is 20.9 Å². The number of nitrogens with one attached hydrogen (secondary N) is 2. The molecule has 1 aromatic heterocycles. The number of aromatic nitrogens is 1. The summed E-state index contributed by atoms with van der Waals surface area (Å²) >= 11 is 0. The van der Waals surface area contributed by atoms with E-state index in [1.54, 1.807) is 21.3 Å². The van der Waals surface area contributed by atoms with E-state index in [9.17, 15) is 8.78 Å². The average Bonchev–Trinajstić information content (AvgIpc) is 3.74. The van der Waals surface area contributed by atoms with Gasteiger partial charge in [-0.2, -0.15) is 0 Å². The second-order valence-electron chi connectivity index (χ2n) is 9.80. The van der Waals surface area contributed by atoms with Crippen molar-refractivity contribution in [2.45, 2.75) is 39.0 Å². The van der Waals surface area contributed by atoms with Crippen LogP contribution in [0.2, 0.25) is 0 Å². The minimum Gasteiger partial charge on any atom is -0.492 e. The Morgan fingerprint density at radius 3 is 2.66 bits per heavy atom. The van der Waals surface area contributed by atoms with Crippen molar-refractivity contribution in [1.29, 1.82) is 0 Å². The monoisotopic (exact) mass is 530 g/mol. The smallest absolute Gasteiger partial charge is 0.168 e. The van der Waals surface area contributed by atoms with E-state index in [-0.39, 0.29) is 12.6 Å². The van der Waals surface area contributed by atoms with Crippen LogP contribution in [0.15, 0.2) is 41.5 Å². The molecule has 0 bridgehead atoms. The standard InChI is InChI=1S/C28H36F2N4O4/c1-17(32-13-19-8-9-20(29)12-22(19)30)21-14-34-15-23(36-4)28(2,16-38-11-10-33-35)24(18-6-7-18)26(34)27(37-5)25(21)31-3/h8-9,12,14,23,32-33,35H,1,6-7,10-11,13,15-16H2,2-5H3. The average molecular weight is 531 g/mol. The van der Waals surface area contributed by atoms with E-state index in [0.717, 1.165) is 30.2 Å². The molecule has 1 saturated carbocycles. The highest BCUT2D eigenvalue weighted by atomic mass is 19.1. The van der Waals surface area contributed by atoms with Crippen LogP contribution in [0.25, 0.3) is 11.3 Å². The number of halogens is 2. The molecule has 1 aliphatic carbocycles. The van der Waals surface area contributed by atoms with Crippen molar-refractivity contribution < 1.29 is 28.2 Å². The number of ether oxygens (including phenoxy) is 3. The van der Waals surface area contributed by atoms with E-state index in [4.69, 9.17) is 19.4 Å². The molecule has 2 unspecified atom stereocenters. The second-order valence-corrected chi connectivity index (χ2v) is 9.80. The summed E-state index contributed by atoms with van der Waals surface area (Å²) in [7, 11) is 5.02. The van der Waals surface area contributed by atoms with E-state index >= 15 is 0 Å². The fourth-order valence-corrected chi connectivity index (χ4v) is 5.24. The number of hydrogen-bond acceptors (Lipinski definition) is 7. The first-order valence-electron chi connectivity index (χ1n) is 12.6. The Kier molecular flexibility index (Phi) is 8.67. The minimum absolute atomic E-state index is 0.131. The molecule has 0 spiro atoms. The van der Waals surface area contributed by atoms with Gasteiger partial charge in [0, 0.05) is 68.3 Å². The van der Waals surface area contributed by atoms with Crippen LogP contribution in [-0.2, 0) is 22.6 Å². The maximum atomic E-state index is 14.2. The number of pyridine rings is 1. The van der Waals surface area contributed by atoms with E-state index in [2.05, 4.69) is 33.9 Å². The summed E-state index contributed by atoms with van der Waals surface area (Å²) in [5.41, 5.74) is 6.63. The van der Waals surface area contributed by atoms with Crippen molar-refractivity contribution in [1.82, 2.24) is 15.4 Å². The van der Waals surface area contributed by atoms with Crippen molar-refractivity contribution in [3.05, 3.63) is 70.4 Å². The molecular weight excluding hydrogens is 494 g/mol. The normalized spacial score (nSPS) is 20.9. The molecule has 0 saturated heterocycles. The van der Waals surface area contributed by atoms with Crippen LogP contribution >= 0.6 is 0 Å². The van der Waals surface area contributed by atoms with Crippen molar-refractivity contribution in [3.63, 3.8) is 0 Å². The molecule has 2 aromatic rings. The summed E-state index contributed by atoms with van der Waals surface area (Å²) < 4.78 is 47.6. The van der Waals surface area contributed by atoms with Crippen molar-refractivity contribution in [2.75, 3.05) is 41.0 Å². The highest BCUT2D eigenvalue weighted by Gasteiger charge is 2.48. The molecule has 4 rings (SSSR count). The zero-order valence-electron chi connectivity index (χ0n) is 22.4. The molecular formula is C28H36F2N4O4. The molecule has 1 aromatic carbocycles. The summed E-state index contributed by atoms with van der Waals surface area (Å²) in [5.74, 6) is -0.625. The van der Waals surface area contributed by atoms with Crippen LogP contribution in [0, 0.1) is 17.0 Å². The first-order valence-corrected chi connectivity index (χ1v) is 12.6. The molecule has 8 nitrogen and oxygen atoms in total. The van der Waals surface area contributed by atoms with E-state index in [1.165, 1.54) is 17.7 Å². The molecule has 3 N–H and O–H groups in total. The Morgan fingerprint density at radius 2 is 2.05 bits per heavy atom. The highest BCUT2D eigenvalue weighted by Crippen LogP contribution is 2.52. The number of rotatable bonds is 11. The number of hydrogen-bond donors (Lipinski definition) is 3. The van der Waals surface area contributed by atoms with E-state index in [1.807, 2.05) is 6.20 Å². The minimum atomic E-state index is -0.622. The van der Waals surface area contributed by atoms with Gasteiger partial charge in [-0.15, -0.1) is 0 Å². The van der Waals surface area contributed by atoms with Gasteiger partial charge >= 0.3 is 0 Å². The molecule has 206 valence electrons. The quantitative estimate of drug-likeness (QED) is 0.304. The summed E-state index contributed by atoms with van der Waals surface area (Å²) in [5, 5.41) is 12.7. The second kappa shape index (κ2) is 11.8. The predicted octanol–water partition coefficient (Wildman–Crippen LogP) is 3.64. The lowest BCUT2D eigenvalue weighted by Crippen LogP contribution is -2.47. The maximum Gasteiger partial charge on any atom is 0.168 e. The van der Waals surface area contributed by atoms with Gasteiger partial charge in [0.2, 0.25) is 0 Å². The number of allylic oxidation sites excluding steroid dienone is 1. The zero-order valence-corrected chi connectivity index (χ0v) is 22.4. The fourth-order valence-electron chi connectivity index (χ4n) is 5.24. The molecule has 2 heterocycles. The van der Waals surface area contributed by atoms with Crippen molar-refractivity contribution in [2.24, 2.45) is 10.4 Å². The van der Waals surface area contributed by atoms with Crippen molar-refractivity contribution in [3.8, 4) is 5.75 Å². The van der Waals surface area contributed by atoms with Crippen LogP contribution in [0.3, 0.4) is 0 Å². The van der Waals surface area contributed by atoms with E-state index in [0.29, 0.717) is 54.2 Å². The first-order chi connectivity index (χ1) is 18.3. The van der Waals surface area contributed by atoms with Gasteiger partial charge in [0.25, 0.3) is 0 Å². The highest BCUT2D eigenvalue weighted by molar-refractivity contribution is 5.80. The van der Waals surface area contributed by atoms with Gasteiger partial charge in [-0.3, -0.25) is 4.99 Å². The van der Waals surface area contributed by atoms with Gasteiger partial charge in [0.15, 0.2) is 5.75 Å². The lowest BCUT2D eigenvalue weighted by Gasteiger charge is -2.45. The largest absolute Gasteiger partial charge is 0.492 e. The Balaban J connectivity index is 1.75. The third-order valence-electron chi connectivity index (χ3n) is 7.30. The predicted molar refractivity (Wildman–Crippen MR) is 140 cm³/mol. The molecule has 1 aliphatic heterocycles. The summed E-state index contributed by atoms with van der Waals surface area (Å²) in [6, 6.07) is 3.50. The summed E-state index contributed by atoms with van der Waals surface area (Å²) in [4.78, 5) is 4.56. The maximum absolute atomic E-state index is 14.2. The fraction of sp³-hybridized carbons (Fsp3) is 0.464. The number of methoxy groups -OCH3 is 2. The lowest BCUT2D eigenvalue weighted by atomic mass is 9.72. The number of fused-ring (bicyclic) bond motifs is 1. The van der Waals surface area contributed by atoms with E-state index < -0.39 is 17.0 Å². The van der Waals surface area contributed by atoms with Gasteiger partial charge in [0.1, 0.15) is 17.0 Å². The van der Waals surface area contributed by atoms with Crippen LogP contribution in [0.4, 0.5) is 8.78 Å². The molecule has 1 fully saturated rings. The van der Waals surface area contributed by atoms with Gasteiger partial charge in [-0.05, 0) is 24.5 Å². The topological polar surface area (TPSA) is 89.3 Å². The Labute approximate surface area is 221 Å². The Hall–Kier alpha value is -3.05. The zero-order chi connectivity index (χ0) is 27.4. The molecule has 2 aliphatic rings. The summed E-state index contributed by atoms with van der Waals surface area (Å²) in [6.07, 6.45) is 3.75. The SMILES string of the molecule is C=C(NCc1ccc(F)cc1F)c1cn2c(c(OC)c1=NC)C(=C1CC1)C(C)(COCCNO)C(OC)C2.